The second-order valence-corrected chi connectivity index (χ2v) is 7.95. The Labute approximate surface area is 159 Å². The molecule has 1 saturated heterocycles. The molecular formula is C21H27N3O3. The summed E-state index contributed by atoms with van der Waals surface area (Å²) in [5.41, 5.74) is 1.25. The first-order chi connectivity index (χ1) is 13.1. The molecule has 6 nitrogen and oxygen atoms in total. The first-order valence-corrected chi connectivity index (χ1v) is 10.1. The van der Waals surface area contributed by atoms with Gasteiger partial charge in [-0.2, -0.15) is 0 Å². The Kier molecular flexibility index (Phi) is 4.89. The van der Waals surface area contributed by atoms with Gasteiger partial charge in [0.1, 0.15) is 12.1 Å². The van der Waals surface area contributed by atoms with Crippen LogP contribution >= 0.6 is 0 Å². The number of carbonyl (C=O) groups is 3. The van der Waals surface area contributed by atoms with Crippen molar-refractivity contribution < 1.29 is 14.4 Å². The van der Waals surface area contributed by atoms with Gasteiger partial charge in [0, 0.05) is 12.2 Å². The second-order valence-electron chi connectivity index (χ2n) is 7.95. The summed E-state index contributed by atoms with van der Waals surface area (Å²) in [5.74, 6) is -0.401. The van der Waals surface area contributed by atoms with Gasteiger partial charge in [0.15, 0.2) is 0 Å². The number of anilines is 1. The van der Waals surface area contributed by atoms with Gasteiger partial charge in [-0.15, -0.1) is 0 Å². The topological polar surface area (TPSA) is 69.7 Å². The highest BCUT2D eigenvalue weighted by molar-refractivity contribution is 6.10. The van der Waals surface area contributed by atoms with Crippen molar-refractivity contribution in [1.82, 2.24) is 10.2 Å². The van der Waals surface area contributed by atoms with Crippen molar-refractivity contribution in [2.45, 2.75) is 63.3 Å². The number of nitrogens with one attached hydrogen (secondary N) is 1. The van der Waals surface area contributed by atoms with Crippen LogP contribution in [0, 0.1) is 0 Å². The molecule has 144 valence electrons. The Morgan fingerprint density at radius 3 is 2.48 bits per heavy atom. The second kappa shape index (κ2) is 7.33. The quantitative estimate of drug-likeness (QED) is 0.815. The van der Waals surface area contributed by atoms with Crippen molar-refractivity contribution in [3.05, 3.63) is 29.8 Å². The number of hydrogen-bond donors (Lipinski definition) is 1. The number of benzene rings is 1. The molecule has 3 aliphatic rings. The molecule has 0 bridgehead atoms. The van der Waals surface area contributed by atoms with Crippen molar-refractivity contribution in [1.29, 1.82) is 0 Å². The number of urea groups is 1. The lowest BCUT2D eigenvalue weighted by Gasteiger charge is -2.31. The maximum Gasteiger partial charge on any atom is 0.325 e. The van der Waals surface area contributed by atoms with Crippen molar-refractivity contribution >= 4 is 23.5 Å². The molecule has 1 spiro atoms. The molecule has 6 heteroatoms. The lowest BCUT2D eigenvalue weighted by Crippen LogP contribution is -2.48. The first kappa shape index (κ1) is 18.0. The van der Waals surface area contributed by atoms with Crippen LogP contribution in [0.25, 0.3) is 0 Å². The molecule has 1 aliphatic carbocycles. The third kappa shape index (κ3) is 3.33. The summed E-state index contributed by atoms with van der Waals surface area (Å²) in [5, 5.41) is 2.93. The normalized spacial score (nSPS) is 22.2. The Balaban J connectivity index is 1.50. The van der Waals surface area contributed by atoms with Gasteiger partial charge in [0.05, 0.1) is 0 Å². The molecular weight excluding hydrogens is 342 g/mol. The number of rotatable bonds is 2. The molecule has 2 fully saturated rings. The Hall–Kier alpha value is -2.37. The molecule has 1 aromatic carbocycles. The number of imide groups is 1. The Morgan fingerprint density at radius 1 is 1.00 bits per heavy atom. The van der Waals surface area contributed by atoms with Crippen LogP contribution < -0.4 is 10.2 Å². The maximum atomic E-state index is 13.1. The van der Waals surface area contributed by atoms with Crippen LogP contribution in [-0.4, -0.2) is 41.4 Å². The van der Waals surface area contributed by atoms with E-state index in [-0.39, 0.29) is 18.4 Å². The molecule has 0 atom stereocenters. The Morgan fingerprint density at radius 2 is 1.70 bits per heavy atom. The van der Waals surface area contributed by atoms with E-state index < -0.39 is 11.6 Å². The van der Waals surface area contributed by atoms with Crippen molar-refractivity contribution in [3.63, 3.8) is 0 Å². The van der Waals surface area contributed by atoms with E-state index in [0.29, 0.717) is 19.4 Å². The van der Waals surface area contributed by atoms with Crippen LogP contribution in [0.4, 0.5) is 10.5 Å². The molecule has 1 N–H and O–H groups in total. The predicted molar refractivity (Wildman–Crippen MR) is 102 cm³/mol. The highest BCUT2D eigenvalue weighted by Crippen LogP contribution is 2.32. The number of hydrogen-bond acceptors (Lipinski definition) is 3. The van der Waals surface area contributed by atoms with Crippen LogP contribution in [0.1, 0.15) is 56.9 Å². The summed E-state index contributed by atoms with van der Waals surface area (Å²) >= 11 is 0. The number of aryl methyl sites for hydroxylation is 1. The standard InChI is InChI=1S/C21H27N3O3/c25-18(23-14-8-10-16-9-4-5-11-17(16)23)15-24-19(26)21(22-20(24)27)12-6-2-1-3-7-13-21/h4-5,9,11H,1-3,6-8,10,12-15H2,(H,22,27). The van der Waals surface area contributed by atoms with Gasteiger partial charge in [-0.1, -0.05) is 50.3 Å². The van der Waals surface area contributed by atoms with E-state index in [9.17, 15) is 14.4 Å². The van der Waals surface area contributed by atoms with Crippen molar-refractivity contribution in [2.24, 2.45) is 0 Å². The van der Waals surface area contributed by atoms with Crippen molar-refractivity contribution in [3.8, 4) is 0 Å². The molecule has 4 amide bonds. The van der Waals surface area contributed by atoms with Gasteiger partial charge in [0.2, 0.25) is 5.91 Å². The minimum Gasteiger partial charge on any atom is -0.323 e. The van der Waals surface area contributed by atoms with Gasteiger partial charge in [-0.05, 0) is 37.3 Å². The average molecular weight is 369 g/mol. The van der Waals surface area contributed by atoms with Gasteiger partial charge in [-0.3, -0.25) is 14.5 Å². The van der Waals surface area contributed by atoms with E-state index in [4.69, 9.17) is 0 Å². The zero-order valence-electron chi connectivity index (χ0n) is 15.7. The predicted octanol–water partition coefficient (Wildman–Crippen LogP) is 3.00. The fourth-order valence-corrected chi connectivity index (χ4v) is 4.68. The van der Waals surface area contributed by atoms with E-state index in [2.05, 4.69) is 5.32 Å². The highest BCUT2D eigenvalue weighted by Gasteiger charge is 2.51. The molecule has 0 radical (unpaired) electrons. The molecule has 0 unspecified atom stereocenters. The SMILES string of the molecule is O=C1NC2(CCCCCCC2)C(=O)N1CC(=O)N1CCCc2ccccc21. The van der Waals surface area contributed by atoms with Gasteiger partial charge < -0.3 is 10.2 Å². The highest BCUT2D eigenvalue weighted by atomic mass is 16.2. The zero-order chi connectivity index (χ0) is 18.9. The molecule has 27 heavy (non-hydrogen) atoms. The average Bonchev–Trinajstić information content (AvgIpc) is 2.89. The lowest BCUT2D eigenvalue weighted by molar-refractivity contribution is -0.135. The van der Waals surface area contributed by atoms with Gasteiger partial charge in [-0.25, -0.2) is 4.79 Å². The van der Waals surface area contributed by atoms with E-state index in [1.165, 1.54) is 6.42 Å². The summed E-state index contributed by atoms with van der Waals surface area (Å²) < 4.78 is 0. The molecule has 0 aromatic heterocycles. The zero-order valence-corrected chi connectivity index (χ0v) is 15.7. The van der Waals surface area contributed by atoms with Crippen LogP contribution in [0.3, 0.4) is 0 Å². The number of fused-ring (bicyclic) bond motifs is 1. The molecule has 2 aliphatic heterocycles. The van der Waals surface area contributed by atoms with Crippen LogP contribution in [0.15, 0.2) is 24.3 Å². The fraction of sp³-hybridized carbons (Fsp3) is 0.571. The molecule has 1 aromatic rings. The lowest BCUT2D eigenvalue weighted by atomic mass is 9.84. The maximum absolute atomic E-state index is 13.1. The number of amides is 4. The number of carbonyl (C=O) groups excluding carboxylic acids is 3. The monoisotopic (exact) mass is 369 g/mol. The molecule has 2 heterocycles. The number of para-hydroxylation sites is 1. The van der Waals surface area contributed by atoms with E-state index in [1.54, 1.807) is 4.90 Å². The minimum atomic E-state index is -0.794. The smallest absolute Gasteiger partial charge is 0.323 e. The minimum absolute atomic E-state index is 0.180. The fourth-order valence-electron chi connectivity index (χ4n) is 4.68. The summed E-state index contributed by atoms with van der Waals surface area (Å²) in [7, 11) is 0. The molecule has 4 rings (SSSR count). The van der Waals surface area contributed by atoms with Crippen LogP contribution in [0.5, 0.6) is 0 Å². The third-order valence-electron chi connectivity index (χ3n) is 6.16. The molecule has 1 saturated carbocycles. The summed E-state index contributed by atoms with van der Waals surface area (Å²) in [4.78, 5) is 41.5. The van der Waals surface area contributed by atoms with Crippen molar-refractivity contribution in [2.75, 3.05) is 18.0 Å². The van der Waals surface area contributed by atoms with E-state index >= 15 is 0 Å². The van der Waals surface area contributed by atoms with Crippen LogP contribution in [0.2, 0.25) is 0 Å². The van der Waals surface area contributed by atoms with Crippen LogP contribution in [-0.2, 0) is 16.0 Å². The Bertz CT molecular complexity index is 753. The third-order valence-corrected chi connectivity index (χ3v) is 6.16. The summed E-state index contributed by atoms with van der Waals surface area (Å²) in [6.45, 7) is 0.450. The van der Waals surface area contributed by atoms with E-state index in [1.807, 2.05) is 24.3 Å². The first-order valence-electron chi connectivity index (χ1n) is 10.1. The van der Waals surface area contributed by atoms with Gasteiger partial charge >= 0.3 is 6.03 Å². The number of nitrogens with zero attached hydrogens (tertiary/aromatic N) is 2. The van der Waals surface area contributed by atoms with E-state index in [0.717, 1.165) is 54.7 Å². The largest absolute Gasteiger partial charge is 0.325 e. The van der Waals surface area contributed by atoms with Gasteiger partial charge in [0.25, 0.3) is 5.91 Å². The summed E-state index contributed by atoms with van der Waals surface area (Å²) in [6.07, 6.45) is 8.45. The summed E-state index contributed by atoms with van der Waals surface area (Å²) in [6, 6.07) is 7.45.